The molecule has 0 aliphatic heterocycles. The van der Waals surface area contributed by atoms with Gasteiger partial charge in [-0.25, -0.2) is 4.98 Å². The van der Waals surface area contributed by atoms with Gasteiger partial charge in [0.25, 0.3) is 0 Å². The molecular weight excluding hydrogens is 192 g/mol. The molecule has 2 rings (SSSR count). The molecule has 0 amide bonds. The molecule has 0 fully saturated rings. The Bertz CT molecular complexity index is 458. The summed E-state index contributed by atoms with van der Waals surface area (Å²) in [6, 6.07) is 0. The van der Waals surface area contributed by atoms with Gasteiger partial charge in [-0.05, 0) is 13.8 Å². The molecule has 0 saturated heterocycles. The van der Waals surface area contributed by atoms with Gasteiger partial charge in [0.2, 0.25) is 5.89 Å². The minimum atomic E-state index is 0.621. The van der Waals surface area contributed by atoms with Crippen molar-refractivity contribution in [1.29, 1.82) is 0 Å². The van der Waals surface area contributed by atoms with Crippen LogP contribution in [0.3, 0.4) is 0 Å². The Morgan fingerprint density at radius 3 is 2.73 bits per heavy atom. The van der Waals surface area contributed by atoms with Crippen LogP contribution in [0.15, 0.2) is 10.9 Å². The number of rotatable bonds is 3. The fraction of sp³-hybridized carbons (Fsp3) is 0.500. The highest BCUT2D eigenvalue weighted by molar-refractivity contribution is 5.09. The van der Waals surface area contributed by atoms with Gasteiger partial charge in [0.05, 0.1) is 18.6 Å². The van der Waals surface area contributed by atoms with Crippen LogP contribution >= 0.6 is 0 Å². The molecule has 5 heteroatoms. The molecule has 0 saturated carbocycles. The van der Waals surface area contributed by atoms with Crippen molar-refractivity contribution in [3.05, 3.63) is 29.4 Å². The predicted octanol–water partition coefficient (Wildman–Crippen LogP) is 1.49. The maximum atomic E-state index is 5.04. The Balaban J connectivity index is 2.18. The smallest absolute Gasteiger partial charge is 0.226 e. The summed E-state index contributed by atoms with van der Waals surface area (Å²) in [5.74, 6) is 1.38. The summed E-state index contributed by atoms with van der Waals surface area (Å²) >= 11 is 0. The SMILES string of the molecule is CCc1nc(Cn2cnc(C)c2C)no1. The van der Waals surface area contributed by atoms with E-state index in [1.165, 1.54) is 0 Å². The molecule has 0 bridgehead atoms. The third-order valence-corrected chi connectivity index (χ3v) is 2.47. The van der Waals surface area contributed by atoms with Gasteiger partial charge >= 0.3 is 0 Å². The van der Waals surface area contributed by atoms with Gasteiger partial charge in [0.1, 0.15) is 0 Å². The van der Waals surface area contributed by atoms with Gasteiger partial charge in [0.15, 0.2) is 5.82 Å². The second kappa shape index (κ2) is 3.84. The summed E-state index contributed by atoms with van der Waals surface area (Å²) in [5.41, 5.74) is 2.17. The second-order valence-electron chi connectivity index (χ2n) is 3.50. The molecule has 15 heavy (non-hydrogen) atoms. The summed E-state index contributed by atoms with van der Waals surface area (Å²) in [6.45, 7) is 6.63. The van der Waals surface area contributed by atoms with Crippen LogP contribution in [0.1, 0.15) is 30.0 Å². The first-order chi connectivity index (χ1) is 7.20. The molecule has 0 N–H and O–H groups in total. The molecule has 0 aliphatic rings. The van der Waals surface area contributed by atoms with Gasteiger partial charge < -0.3 is 9.09 Å². The molecule has 0 radical (unpaired) electrons. The fourth-order valence-corrected chi connectivity index (χ4v) is 1.35. The average molecular weight is 206 g/mol. The summed E-state index contributed by atoms with van der Waals surface area (Å²) < 4.78 is 7.05. The Morgan fingerprint density at radius 2 is 2.20 bits per heavy atom. The number of hydrogen-bond acceptors (Lipinski definition) is 4. The summed E-state index contributed by atoms with van der Waals surface area (Å²) in [4.78, 5) is 8.46. The zero-order valence-corrected chi connectivity index (χ0v) is 9.19. The minimum Gasteiger partial charge on any atom is -0.339 e. The average Bonchev–Trinajstić information content (AvgIpc) is 2.80. The van der Waals surface area contributed by atoms with Crippen molar-refractivity contribution >= 4 is 0 Å². The van der Waals surface area contributed by atoms with E-state index in [1.807, 2.05) is 25.3 Å². The molecule has 2 heterocycles. The van der Waals surface area contributed by atoms with Crippen molar-refractivity contribution in [2.75, 3.05) is 0 Å². The zero-order valence-electron chi connectivity index (χ0n) is 9.19. The highest BCUT2D eigenvalue weighted by atomic mass is 16.5. The lowest BCUT2D eigenvalue weighted by atomic mass is 10.4. The van der Waals surface area contributed by atoms with Crippen molar-refractivity contribution in [3.8, 4) is 0 Å². The third-order valence-electron chi connectivity index (χ3n) is 2.47. The molecule has 0 aromatic carbocycles. The fourth-order valence-electron chi connectivity index (χ4n) is 1.35. The number of hydrogen-bond donors (Lipinski definition) is 0. The van der Waals surface area contributed by atoms with Crippen LogP contribution in [-0.2, 0) is 13.0 Å². The van der Waals surface area contributed by atoms with Crippen LogP contribution in [0.25, 0.3) is 0 Å². The number of nitrogens with zero attached hydrogens (tertiary/aromatic N) is 4. The topological polar surface area (TPSA) is 56.7 Å². The Morgan fingerprint density at radius 1 is 1.40 bits per heavy atom. The van der Waals surface area contributed by atoms with Crippen LogP contribution in [0, 0.1) is 13.8 Å². The van der Waals surface area contributed by atoms with Gasteiger partial charge in [-0.15, -0.1) is 0 Å². The second-order valence-corrected chi connectivity index (χ2v) is 3.50. The van der Waals surface area contributed by atoms with Gasteiger partial charge in [-0.3, -0.25) is 0 Å². The van der Waals surface area contributed by atoms with E-state index in [-0.39, 0.29) is 0 Å². The van der Waals surface area contributed by atoms with Gasteiger partial charge in [-0.2, -0.15) is 4.98 Å². The molecule has 0 spiro atoms. The zero-order chi connectivity index (χ0) is 10.8. The molecular formula is C10H14N4O. The van der Waals surface area contributed by atoms with E-state index in [2.05, 4.69) is 15.1 Å². The highest BCUT2D eigenvalue weighted by Crippen LogP contribution is 2.07. The predicted molar refractivity (Wildman–Crippen MR) is 54.5 cm³/mol. The van der Waals surface area contributed by atoms with Crippen LogP contribution in [0.5, 0.6) is 0 Å². The van der Waals surface area contributed by atoms with E-state index in [0.29, 0.717) is 18.3 Å². The molecule has 80 valence electrons. The monoisotopic (exact) mass is 206 g/mol. The van der Waals surface area contributed by atoms with Crippen LogP contribution < -0.4 is 0 Å². The Kier molecular flexibility index (Phi) is 2.53. The Hall–Kier alpha value is -1.65. The van der Waals surface area contributed by atoms with Crippen molar-refractivity contribution in [2.24, 2.45) is 0 Å². The lowest BCUT2D eigenvalue weighted by molar-refractivity contribution is 0.375. The molecule has 0 unspecified atom stereocenters. The summed E-state index contributed by atoms with van der Waals surface area (Å²) in [6.07, 6.45) is 2.57. The first-order valence-corrected chi connectivity index (χ1v) is 5.00. The molecule has 2 aromatic heterocycles. The summed E-state index contributed by atoms with van der Waals surface area (Å²) in [5, 5.41) is 3.90. The highest BCUT2D eigenvalue weighted by Gasteiger charge is 2.07. The van der Waals surface area contributed by atoms with Crippen molar-refractivity contribution in [3.63, 3.8) is 0 Å². The standard InChI is InChI=1S/C10H14N4O/c1-4-10-12-9(13-15-10)5-14-6-11-7(2)8(14)3/h6H,4-5H2,1-3H3. The minimum absolute atomic E-state index is 0.621. The van der Waals surface area contributed by atoms with Gasteiger partial charge in [0, 0.05) is 12.1 Å². The molecule has 0 atom stereocenters. The number of aromatic nitrogens is 4. The molecule has 5 nitrogen and oxygen atoms in total. The number of aryl methyl sites for hydroxylation is 2. The number of imidazole rings is 1. The van der Waals surface area contributed by atoms with E-state index in [4.69, 9.17) is 4.52 Å². The normalized spacial score (nSPS) is 10.9. The lowest BCUT2D eigenvalue weighted by Gasteiger charge is -2.00. The van der Waals surface area contributed by atoms with E-state index < -0.39 is 0 Å². The van der Waals surface area contributed by atoms with Gasteiger partial charge in [-0.1, -0.05) is 12.1 Å². The molecule has 2 aromatic rings. The first kappa shape index (κ1) is 9.89. The molecule has 0 aliphatic carbocycles. The largest absolute Gasteiger partial charge is 0.339 e. The third kappa shape index (κ3) is 1.91. The van der Waals surface area contributed by atoms with Crippen LogP contribution in [-0.4, -0.2) is 19.7 Å². The Labute approximate surface area is 88.1 Å². The van der Waals surface area contributed by atoms with Crippen molar-refractivity contribution < 1.29 is 4.52 Å². The van der Waals surface area contributed by atoms with E-state index >= 15 is 0 Å². The van der Waals surface area contributed by atoms with E-state index in [9.17, 15) is 0 Å². The van der Waals surface area contributed by atoms with E-state index in [1.54, 1.807) is 6.33 Å². The van der Waals surface area contributed by atoms with Crippen molar-refractivity contribution in [1.82, 2.24) is 19.7 Å². The maximum Gasteiger partial charge on any atom is 0.226 e. The van der Waals surface area contributed by atoms with Crippen LogP contribution in [0.2, 0.25) is 0 Å². The van der Waals surface area contributed by atoms with Crippen LogP contribution in [0.4, 0.5) is 0 Å². The van der Waals surface area contributed by atoms with Crippen molar-refractivity contribution in [2.45, 2.75) is 33.7 Å². The summed E-state index contributed by atoms with van der Waals surface area (Å²) in [7, 11) is 0. The van der Waals surface area contributed by atoms with E-state index in [0.717, 1.165) is 17.8 Å². The lowest BCUT2D eigenvalue weighted by Crippen LogP contribution is -2.02. The quantitative estimate of drug-likeness (QED) is 0.763. The maximum absolute atomic E-state index is 5.04. The first-order valence-electron chi connectivity index (χ1n) is 5.00.